The summed E-state index contributed by atoms with van der Waals surface area (Å²) in [4.78, 5) is 2.51. The lowest BCUT2D eigenvalue weighted by molar-refractivity contribution is -0.0443. The summed E-state index contributed by atoms with van der Waals surface area (Å²) in [6, 6.07) is 70.1. The predicted molar refractivity (Wildman–Crippen MR) is 261 cm³/mol. The third-order valence-electron chi connectivity index (χ3n) is 16.1. The lowest BCUT2D eigenvalue weighted by Gasteiger charge is -2.64. The Hall–Kier alpha value is -6.64. The number of furan rings is 1. The molecule has 1 heterocycles. The molecule has 2 heteroatoms. The van der Waals surface area contributed by atoms with Crippen molar-refractivity contribution in [3.63, 3.8) is 0 Å². The van der Waals surface area contributed by atoms with E-state index in [1.54, 1.807) is 16.7 Å². The molecule has 4 bridgehead atoms. The van der Waals surface area contributed by atoms with E-state index in [0.29, 0.717) is 11.8 Å². The van der Waals surface area contributed by atoms with Crippen molar-refractivity contribution in [2.24, 2.45) is 23.7 Å². The van der Waals surface area contributed by atoms with Crippen LogP contribution in [0, 0.1) is 23.7 Å². The summed E-state index contributed by atoms with van der Waals surface area (Å²) in [5.74, 6) is 3.15. The normalized spacial score (nSPS) is 22.6. The van der Waals surface area contributed by atoms with E-state index in [-0.39, 0.29) is 10.8 Å². The fraction of sp³-hybridized carbons (Fsp3) is 0.213. The number of rotatable bonds is 6. The molecule has 0 saturated heterocycles. The zero-order chi connectivity index (χ0) is 41.9. The van der Waals surface area contributed by atoms with E-state index in [1.165, 1.54) is 76.7 Å². The van der Waals surface area contributed by atoms with Crippen LogP contribution in [0.15, 0.2) is 192 Å². The van der Waals surface area contributed by atoms with Crippen LogP contribution in [0.25, 0.3) is 55.3 Å². The van der Waals surface area contributed by atoms with E-state index in [1.807, 2.05) is 6.07 Å². The molecule has 0 radical (unpaired) electrons. The van der Waals surface area contributed by atoms with Gasteiger partial charge in [-0.3, -0.25) is 0 Å². The summed E-state index contributed by atoms with van der Waals surface area (Å²) in [5.41, 5.74) is 18.9. The Labute approximate surface area is 370 Å². The highest BCUT2D eigenvalue weighted by atomic mass is 16.3. The first-order valence-electron chi connectivity index (χ1n) is 23.3. The monoisotopic (exact) mass is 813 g/mol. The number of anilines is 3. The van der Waals surface area contributed by atoms with E-state index < -0.39 is 0 Å². The Morgan fingerprint density at radius 1 is 0.413 bits per heavy atom. The van der Waals surface area contributed by atoms with Gasteiger partial charge >= 0.3 is 0 Å². The van der Waals surface area contributed by atoms with E-state index in [0.717, 1.165) is 45.1 Å². The van der Waals surface area contributed by atoms with Crippen LogP contribution >= 0.6 is 0 Å². The summed E-state index contributed by atoms with van der Waals surface area (Å²) in [5, 5.41) is 2.31. The van der Waals surface area contributed by atoms with Crippen LogP contribution in [-0.4, -0.2) is 0 Å². The van der Waals surface area contributed by atoms with Crippen LogP contribution in [0.5, 0.6) is 0 Å². The minimum atomic E-state index is -0.0886. The van der Waals surface area contributed by atoms with Crippen molar-refractivity contribution in [3.05, 3.63) is 210 Å². The van der Waals surface area contributed by atoms with Crippen LogP contribution in [0.3, 0.4) is 0 Å². The summed E-state index contributed by atoms with van der Waals surface area (Å²) in [7, 11) is 0. The Morgan fingerprint density at radius 2 is 0.952 bits per heavy atom. The SMILES string of the molecule is CC1(C)c2ccccc2C2(c3cc(N(c4ccc(-c5ccccc5)cc4)c4ccc(-c5ccccc5-c5cccc6oc7ccccc7c56)cc4)ccc31)C1CC3CC(C1)CC2C3. The molecule has 9 aromatic rings. The molecule has 5 aliphatic carbocycles. The number of nitrogens with zero attached hydrogens (tertiary/aromatic N) is 1. The van der Waals surface area contributed by atoms with Gasteiger partial charge in [-0.05, 0) is 160 Å². The number of benzene rings is 8. The van der Waals surface area contributed by atoms with Crippen LogP contribution in [0.2, 0.25) is 0 Å². The van der Waals surface area contributed by atoms with Gasteiger partial charge in [-0.25, -0.2) is 0 Å². The summed E-state index contributed by atoms with van der Waals surface area (Å²) >= 11 is 0. The Balaban J connectivity index is 0.967. The molecule has 4 fully saturated rings. The molecule has 0 atom stereocenters. The third kappa shape index (κ3) is 5.50. The highest BCUT2D eigenvalue weighted by Crippen LogP contribution is 2.69. The van der Waals surface area contributed by atoms with Crippen LogP contribution in [0.1, 0.15) is 68.2 Å². The predicted octanol–water partition coefficient (Wildman–Crippen LogP) is 16.4. The average Bonchev–Trinajstić information content (AvgIpc) is 3.71. The standard InChI is InChI=1S/C61H51NO/c1-60(2)53-19-9-10-20-55(53)61(44-34-39-33-40(36-44)37-45(61)35-39)56-38-48(31-32-54(56)60)62(46-27-23-42(24-28-46)41-13-4-3-5-14-41)47-29-25-43(26-30-47)49-15-6-7-16-50(49)51-18-12-22-58-59(51)52-17-8-11-21-57(52)63-58/h3-32,38-40,44-45H,33-37H2,1-2H3. The van der Waals surface area contributed by atoms with Crippen LogP contribution in [-0.2, 0) is 10.8 Å². The van der Waals surface area contributed by atoms with Gasteiger partial charge in [0.25, 0.3) is 0 Å². The second-order valence-electron chi connectivity index (χ2n) is 19.7. The van der Waals surface area contributed by atoms with Crippen molar-refractivity contribution in [1.82, 2.24) is 0 Å². The fourth-order valence-electron chi connectivity index (χ4n) is 13.7. The van der Waals surface area contributed by atoms with Gasteiger partial charge in [0.2, 0.25) is 0 Å². The number of hydrogen-bond acceptors (Lipinski definition) is 2. The largest absolute Gasteiger partial charge is 0.456 e. The molecular weight excluding hydrogens is 763 g/mol. The van der Waals surface area contributed by atoms with Gasteiger partial charge in [-0.15, -0.1) is 0 Å². The molecule has 63 heavy (non-hydrogen) atoms. The number of para-hydroxylation sites is 1. The molecule has 1 aromatic heterocycles. The van der Waals surface area contributed by atoms with E-state index in [9.17, 15) is 0 Å². The van der Waals surface area contributed by atoms with Crippen molar-refractivity contribution >= 4 is 39.0 Å². The molecule has 306 valence electrons. The van der Waals surface area contributed by atoms with Crippen LogP contribution < -0.4 is 4.90 Å². The average molecular weight is 814 g/mol. The molecule has 1 spiro atoms. The minimum Gasteiger partial charge on any atom is -0.456 e. The quantitative estimate of drug-likeness (QED) is 0.166. The molecule has 0 aliphatic heterocycles. The summed E-state index contributed by atoms with van der Waals surface area (Å²) in [6.45, 7) is 4.94. The lowest BCUT2D eigenvalue weighted by atomic mass is 9.39. The molecule has 0 N–H and O–H groups in total. The highest BCUT2D eigenvalue weighted by molar-refractivity contribution is 6.13. The van der Waals surface area contributed by atoms with Gasteiger partial charge in [-0.1, -0.05) is 153 Å². The molecule has 2 nitrogen and oxygen atoms in total. The summed E-state index contributed by atoms with van der Waals surface area (Å²) in [6.07, 6.45) is 6.91. The maximum Gasteiger partial charge on any atom is 0.136 e. The second-order valence-corrected chi connectivity index (χ2v) is 19.7. The molecule has 4 saturated carbocycles. The van der Waals surface area contributed by atoms with Gasteiger partial charge < -0.3 is 9.32 Å². The molecular formula is C61H51NO. The Bertz CT molecular complexity index is 3180. The minimum absolute atomic E-state index is 0.0461. The molecule has 8 aromatic carbocycles. The summed E-state index contributed by atoms with van der Waals surface area (Å²) < 4.78 is 6.34. The van der Waals surface area contributed by atoms with Crippen molar-refractivity contribution < 1.29 is 4.42 Å². The Morgan fingerprint density at radius 3 is 1.68 bits per heavy atom. The smallest absolute Gasteiger partial charge is 0.136 e. The van der Waals surface area contributed by atoms with Gasteiger partial charge in [0.1, 0.15) is 11.2 Å². The van der Waals surface area contributed by atoms with Gasteiger partial charge in [0.15, 0.2) is 0 Å². The number of hydrogen-bond donors (Lipinski definition) is 0. The van der Waals surface area contributed by atoms with E-state index in [2.05, 4.69) is 201 Å². The molecule has 0 amide bonds. The highest BCUT2D eigenvalue weighted by Gasteiger charge is 2.62. The second kappa shape index (κ2) is 13.9. The van der Waals surface area contributed by atoms with Gasteiger partial charge in [-0.2, -0.15) is 0 Å². The first-order valence-corrected chi connectivity index (χ1v) is 23.3. The first-order chi connectivity index (χ1) is 30.9. The topological polar surface area (TPSA) is 16.4 Å². The zero-order valence-corrected chi connectivity index (χ0v) is 36.1. The molecule has 14 rings (SSSR count). The number of fused-ring (bicyclic) bond motifs is 5. The van der Waals surface area contributed by atoms with E-state index in [4.69, 9.17) is 4.42 Å². The third-order valence-corrected chi connectivity index (χ3v) is 16.1. The van der Waals surface area contributed by atoms with Gasteiger partial charge in [0, 0.05) is 38.7 Å². The molecule has 0 unspecified atom stereocenters. The zero-order valence-electron chi connectivity index (χ0n) is 36.1. The Kier molecular flexibility index (Phi) is 8.17. The van der Waals surface area contributed by atoms with Crippen molar-refractivity contribution in [3.8, 4) is 33.4 Å². The van der Waals surface area contributed by atoms with E-state index >= 15 is 0 Å². The maximum absolute atomic E-state index is 6.34. The lowest BCUT2D eigenvalue weighted by Crippen LogP contribution is -2.58. The van der Waals surface area contributed by atoms with Crippen LogP contribution in [0.4, 0.5) is 17.1 Å². The fourth-order valence-corrected chi connectivity index (χ4v) is 13.7. The van der Waals surface area contributed by atoms with Gasteiger partial charge in [0.05, 0.1) is 0 Å². The van der Waals surface area contributed by atoms with Crippen molar-refractivity contribution in [2.45, 2.75) is 56.8 Å². The van der Waals surface area contributed by atoms with Crippen molar-refractivity contribution in [2.75, 3.05) is 4.90 Å². The van der Waals surface area contributed by atoms with Crippen molar-refractivity contribution in [1.29, 1.82) is 0 Å². The maximum atomic E-state index is 6.34. The molecule has 5 aliphatic rings. The first kappa shape index (κ1) is 37.0.